The van der Waals surface area contributed by atoms with Crippen LogP contribution in [0.1, 0.15) is 18.1 Å². The Morgan fingerprint density at radius 2 is 1.86 bits per heavy atom. The summed E-state index contributed by atoms with van der Waals surface area (Å²) in [7, 11) is 0. The molecular weight excluding hydrogens is 184 g/mol. The molecule has 1 aromatic heterocycles. The number of anilines is 1. The zero-order chi connectivity index (χ0) is 10.6. The molecule has 78 valence electrons. The predicted molar refractivity (Wildman–Crippen MR) is 51.1 cm³/mol. The second-order valence-corrected chi connectivity index (χ2v) is 2.96. The molecule has 6 nitrogen and oxygen atoms in total. The summed E-state index contributed by atoms with van der Waals surface area (Å²) in [6.07, 6.45) is 1.18. The highest BCUT2D eigenvalue weighted by Crippen LogP contribution is 2.16. The van der Waals surface area contributed by atoms with Crippen molar-refractivity contribution in [3.05, 3.63) is 18.0 Å². The number of nitrogens with zero attached hydrogens (tertiary/aromatic N) is 2. The summed E-state index contributed by atoms with van der Waals surface area (Å²) in [4.78, 5) is 7.41. The average Bonchev–Trinajstić information content (AvgIpc) is 2.18. The van der Waals surface area contributed by atoms with Gasteiger partial charge in [-0.05, 0) is 13.0 Å². The molecule has 0 aliphatic heterocycles. The van der Waals surface area contributed by atoms with Gasteiger partial charge in [-0.2, -0.15) is 0 Å². The van der Waals surface area contributed by atoms with Crippen LogP contribution in [0.5, 0.6) is 0 Å². The first-order chi connectivity index (χ1) is 6.65. The van der Waals surface area contributed by atoms with Crippen molar-refractivity contribution in [2.45, 2.75) is 18.6 Å². The lowest BCUT2D eigenvalue weighted by Gasteiger charge is -2.16. The molecule has 0 aliphatic rings. The number of aromatic nitrogens is 2. The van der Waals surface area contributed by atoms with Crippen LogP contribution in [0.2, 0.25) is 0 Å². The normalized spacial score (nSPS) is 15.1. The maximum atomic E-state index is 9.58. The number of hydrogen-bond donors (Lipinski definition) is 4. The monoisotopic (exact) mass is 198 g/mol. The first-order valence-electron chi connectivity index (χ1n) is 4.28. The van der Waals surface area contributed by atoms with Gasteiger partial charge in [0.25, 0.3) is 0 Å². The molecule has 6 heteroatoms. The van der Waals surface area contributed by atoms with E-state index in [1.807, 2.05) is 0 Å². The molecule has 0 aromatic carbocycles. The number of nitrogens with two attached hydrogens (primary N) is 2. The third-order valence-corrected chi connectivity index (χ3v) is 1.86. The van der Waals surface area contributed by atoms with Gasteiger partial charge >= 0.3 is 0 Å². The summed E-state index contributed by atoms with van der Waals surface area (Å²) >= 11 is 0. The van der Waals surface area contributed by atoms with Gasteiger partial charge < -0.3 is 21.7 Å². The number of aliphatic hydroxyl groups excluding tert-OH is 2. The Hall–Kier alpha value is -1.24. The Labute approximate surface area is 81.6 Å². The van der Waals surface area contributed by atoms with Gasteiger partial charge in [0.05, 0.1) is 6.10 Å². The van der Waals surface area contributed by atoms with Crippen LogP contribution in [0.15, 0.2) is 12.4 Å². The van der Waals surface area contributed by atoms with Crippen LogP contribution in [0.25, 0.3) is 0 Å². The lowest BCUT2D eigenvalue weighted by Crippen LogP contribution is -2.22. The molecule has 0 saturated heterocycles. The lowest BCUT2D eigenvalue weighted by molar-refractivity contribution is 0.0146. The predicted octanol–water partition coefficient (Wildman–Crippen LogP) is -1.20. The fourth-order valence-corrected chi connectivity index (χ4v) is 1.05. The highest BCUT2D eigenvalue weighted by molar-refractivity contribution is 5.19. The highest BCUT2D eigenvalue weighted by atomic mass is 16.3. The lowest BCUT2D eigenvalue weighted by atomic mass is 10.1. The molecule has 14 heavy (non-hydrogen) atoms. The Morgan fingerprint density at radius 1 is 1.29 bits per heavy atom. The van der Waals surface area contributed by atoms with Gasteiger partial charge in [0.2, 0.25) is 5.95 Å². The number of aliphatic hydroxyl groups is 2. The first kappa shape index (κ1) is 10.8. The van der Waals surface area contributed by atoms with Crippen molar-refractivity contribution in [1.82, 2.24) is 9.97 Å². The van der Waals surface area contributed by atoms with Crippen molar-refractivity contribution in [3.63, 3.8) is 0 Å². The van der Waals surface area contributed by atoms with E-state index in [-0.39, 0.29) is 5.95 Å². The number of nitrogen functional groups attached to an aromatic ring is 1. The van der Waals surface area contributed by atoms with E-state index >= 15 is 0 Å². The van der Waals surface area contributed by atoms with Crippen LogP contribution in [-0.4, -0.2) is 32.8 Å². The van der Waals surface area contributed by atoms with Crippen molar-refractivity contribution >= 4 is 5.95 Å². The minimum atomic E-state index is -1.01. The molecule has 0 saturated carbocycles. The van der Waals surface area contributed by atoms with E-state index in [0.717, 1.165) is 0 Å². The van der Waals surface area contributed by atoms with Crippen LogP contribution in [-0.2, 0) is 0 Å². The molecule has 2 unspecified atom stereocenters. The van der Waals surface area contributed by atoms with E-state index < -0.39 is 12.2 Å². The average molecular weight is 198 g/mol. The largest absolute Gasteiger partial charge is 0.390 e. The quantitative estimate of drug-likeness (QED) is 0.482. The van der Waals surface area contributed by atoms with E-state index in [0.29, 0.717) is 18.5 Å². The van der Waals surface area contributed by atoms with Crippen LogP contribution in [0.3, 0.4) is 0 Å². The fourth-order valence-electron chi connectivity index (χ4n) is 1.05. The smallest absolute Gasteiger partial charge is 0.219 e. The van der Waals surface area contributed by atoms with Crippen LogP contribution < -0.4 is 11.5 Å². The maximum absolute atomic E-state index is 9.58. The second-order valence-electron chi connectivity index (χ2n) is 2.96. The maximum Gasteiger partial charge on any atom is 0.219 e. The van der Waals surface area contributed by atoms with Crippen molar-refractivity contribution in [2.24, 2.45) is 5.73 Å². The summed E-state index contributed by atoms with van der Waals surface area (Å²) < 4.78 is 0. The molecular formula is C8H14N4O2. The Balaban J connectivity index is 2.68. The second kappa shape index (κ2) is 4.85. The van der Waals surface area contributed by atoms with E-state index in [4.69, 9.17) is 11.5 Å². The van der Waals surface area contributed by atoms with Gasteiger partial charge in [-0.3, -0.25) is 0 Å². The summed E-state index contributed by atoms with van der Waals surface area (Å²) in [5, 5.41) is 19.0. The van der Waals surface area contributed by atoms with E-state index in [2.05, 4.69) is 9.97 Å². The van der Waals surface area contributed by atoms with E-state index in [1.54, 1.807) is 0 Å². The van der Waals surface area contributed by atoms with Crippen LogP contribution in [0, 0.1) is 0 Å². The van der Waals surface area contributed by atoms with E-state index in [1.165, 1.54) is 12.4 Å². The summed E-state index contributed by atoms with van der Waals surface area (Å²) in [5.74, 6) is 0.134. The fraction of sp³-hybridized carbons (Fsp3) is 0.500. The Bertz CT molecular complexity index is 277. The number of rotatable bonds is 4. The summed E-state index contributed by atoms with van der Waals surface area (Å²) in [5.41, 5.74) is 11.0. The van der Waals surface area contributed by atoms with Crippen molar-refractivity contribution in [1.29, 1.82) is 0 Å². The third kappa shape index (κ3) is 2.63. The van der Waals surface area contributed by atoms with Crippen molar-refractivity contribution in [3.8, 4) is 0 Å². The molecule has 0 spiro atoms. The van der Waals surface area contributed by atoms with Gasteiger partial charge in [0, 0.05) is 18.0 Å². The summed E-state index contributed by atoms with van der Waals surface area (Å²) in [6, 6.07) is 0. The van der Waals surface area contributed by atoms with Crippen LogP contribution in [0.4, 0.5) is 5.95 Å². The van der Waals surface area contributed by atoms with Gasteiger partial charge in [0.15, 0.2) is 0 Å². The minimum absolute atomic E-state index is 0.134. The zero-order valence-electron chi connectivity index (χ0n) is 7.67. The number of hydrogen-bond acceptors (Lipinski definition) is 6. The summed E-state index contributed by atoms with van der Waals surface area (Å²) in [6.45, 7) is 0.314. The molecule has 6 N–H and O–H groups in total. The van der Waals surface area contributed by atoms with Gasteiger partial charge in [0.1, 0.15) is 6.10 Å². The Morgan fingerprint density at radius 3 is 2.36 bits per heavy atom. The van der Waals surface area contributed by atoms with Gasteiger partial charge in [-0.15, -0.1) is 0 Å². The Kier molecular flexibility index (Phi) is 3.75. The van der Waals surface area contributed by atoms with Gasteiger partial charge in [-0.25, -0.2) is 9.97 Å². The topological polar surface area (TPSA) is 118 Å². The molecule has 0 amide bonds. The first-order valence-corrected chi connectivity index (χ1v) is 4.28. The van der Waals surface area contributed by atoms with Gasteiger partial charge in [-0.1, -0.05) is 0 Å². The minimum Gasteiger partial charge on any atom is -0.390 e. The molecule has 2 atom stereocenters. The molecule has 0 radical (unpaired) electrons. The van der Waals surface area contributed by atoms with Crippen LogP contribution >= 0.6 is 0 Å². The highest BCUT2D eigenvalue weighted by Gasteiger charge is 2.17. The standard InChI is InChI=1S/C8H14N4O2/c9-2-1-6(13)7(14)5-3-11-8(10)12-4-5/h3-4,6-7,13-14H,1-2,9H2,(H2,10,11,12). The molecule has 1 rings (SSSR count). The van der Waals surface area contributed by atoms with Crippen molar-refractivity contribution in [2.75, 3.05) is 12.3 Å². The SMILES string of the molecule is NCCC(O)C(O)c1cnc(N)nc1. The molecule has 0 fully saturated rings. The zero-order valence-corrected chi connectivity index (χ0v) is 7.67. The molecule has 0 aliphatic carbocycles. The van der Waals surface area contributed by atoms with E-state index in [9.17, 15) is 10.2 Å². The molecule has 1 aromatic rings. The third-order valence-electron chi connectivity index (χ3n) is 1.86. The van der Waals surface area contributed by atoms with Crippen molar-refractivity contribution < 1.29 is 10.2 Å². The molecule has 1 heterocycles. The molecule has 0 bridgehead atoms.